The Bertz CT molecular complexity index is 1130. The minimum atomic E-state index is -0.926. The molecule has 0 aliphatic carbocycles. The van der Waals surface area contributed by atoms with E-state index in [2.05, 4.69) is 21.6 Å². The predicted octanol–water partition coefficient (Wildman–Crippen LogP) is 4.40. The zero-order chi connectivity index (χ0) is 23.3. The molecule has 0 aliphatic rings. The lowest BCUT2D eigenvalue weighted by Gasteiger charge is -2.27. The number of nitriles is 1. The lowest BCUT2D eigenvalue weighted by atomic mass is 9.90. The Balaban J connectivity index is 1.95. The Morgan fingerprint density at radius 2 is 1.91 bits per heavy atom. The molecular formula is C24H27N5O2S. The van der Waals surface area contributed by atoms with Crippen LogP contribution in [0.3, 0.4) is 0 Å². The van der Waals surface area contributed by atoms with Crippen LogP contribution in [0, 0.1) is 24.2 Å². The van der Waals surface area contributed by atoms with Gasteiger partial charge < -0.3 is 10.1 Å². The number of methoxy groups -OCH3 is 1. The Morgan fingerprint density at radius 3 is 2.53 bits per heavy atom. The first-order valence-electron chi connectivity index (χ1n) is 10.3. The van der Waals surface area contributed by atoms with Crippen molar-refractivity contribution in [2.75, 3.05) is 12.9 Å². The standard InChI is InChI=1S/C24H27N5O2S/c1-16(2)24(4,15-25)26-21(30)14-32-23-28-27-22(19-8-6-7-9-20(19)31-5)29(23)18-12-10-17(3)11-13-18/h6-13,16H,14H2,1-5H3,(H,26,30). The number of carbonyl (C=O) groups is 1. The van der Waals surface area contributed by atoms with Crippen LogP contribution in [0.15, 0.2) is 53.7 Å². The van der Waals surface area contributed by atoms with E-state index < -0.39 is 5.54 Å². The molecule has 0 aliphatic heterocycles. The number of aryl methyl sites for hydroxylation is 1. The highest BCUT2D eigenvalue weighted by Crippen LogP contribution is 2.33. The molecule has 1 atom stereocenters. The smallest absolute Gasteiger partial charge is 0.231 e. The Labute approximate surface area is 192 Å². The number of amides is 1. The van der Waals surface area contributed by atoms with Crippen LogP contribution < -0.4 is 10.1 Å². The van der Waals surface area contributed by atoms with Crippen molar-refractivity contribution in [1.82, 2.24) is 20.1 Å². The highest BCUT2D eigenvalue weighted by atomic mass is 32.2. The fraction of sp³-hybridized carbons (Fsp3) is 0.333. The number of rotatable bonds is 8. The number of benzene rings is 2. The second kappa shape index (κ2) is 9.88. The molecule has 3 aromatic rings. The quantitative estimate of drug-likeness (QED) is 0.513. The number of para-hydroxylation sites is 1. The number of hydrogen-bond acceptors (Lipinski definition) is 6. The fourth-order valence-electron chi connectivity index (χ4n) is 3.05. The van der Waals surface area contributed by atoms with Crippen molar-refractivity contribution in [1.29, 1.82) is 5.26 Å². The normalized spacial score (nSPS) is 12.8. The molecule has 1 heterocycles. The molecule has 7 nitrogen and oxygen atoms in total. The van der Waals surface area contributed by atoms with Crippen molar-refractivity contribution in [3.63, 3.8) is 0 Å². The Hall–Kier alpha value is -3.31. The topological polar surface area (TPSA) is 92.8 Å². The lowest BCUT2D eigenvalue weighted by Crippen LogP contribution is -2.49. The second-order valence-electron chi connectivity index (χ2n) is 7.98. The molecule has 1 amide bonds. The van der Waals surface area contributed by atoms with Crippen molar-refractivity contribution in [2.45, 2.75) is 38.4 Å². The van der Waals surface area contributed by atoms with Crippen LogP contribution >= 0.6 is 11.8 Å². The van der Waals surface area contributed by atoms with Gasteiger partial charge in [0.25, 0.3) is 0 Å². The summed E-state index contributed by atoms with van der Waals surface area (Å²) in [6, 6.07) is 17.8. The first-order valence-corrected chi connectivity index (χ1v) is 11.3. The second-order valence-corrected chi connectivity index (χ2v) is 8.93. The van der Waals surface area contributed by atoms with E-state index in [1.807, 2.05) is 73.9 Å². The summed E-state index contributed by atoms with van der Waals surface area (Å²) in [7, 11) is 1.62. The molecule has 166 valence electrons. The van der Waals surface area contributed by atoms with Crippen molar-refractivity contribution in [3.8, 4) is 28.9 Å². The molecule has 0 saturated heterocycles. The molecule has 0 radical (unpaired) electrons. The number of nitrogens with zero attached hydrogens (tertiary/aromatic N) is 4. The summed E-state index contributed by atoms with van der Waals surface area (Å²) in [5.41, 5.74) is 1.90. The summed E-state index contributed by atoms with van der Waals surface area (Å²) in [6.45, 7) is 7.57. The van der Waals surface area contributed by atoms with Gasteiger partial charge in [0.1, 0.15) is 11.3 Å². The number of hydrogen-bond donors (Lipinski definition) is 1. The molecule has 1 aromatic heterocycles. The van der Waals surface area contributed by atoms with Gasteiger partial charge in [0, 0.05) is 5.69 Å². The largest absolute Gasteiger partial charge is 0.496 e. The Morgan fingerprint density at radius 1 is 1.22 bits per heavy atom. The predicted molar refractivity (Wildman–Crippen MR) is 126 cm³/mol. The van der Waals surface area contributed by atoms with Gasteiger partial charge in [0.15, 0.2) is 11.0 Å². The number of thioether (sulfide) groups is 1. The minimum absolute atomic E-state index is 0.0187. The van der Waals surface area contributed by atoms with Gasteiger partial charge in [-0.3, -0.25) is 9.36 Å². The molecular weight excluding hydrogens is 422 g/mol. The third-order valence-electron chi connectivity index (χ3n) is 5.39. The van der Waals surface area contributed by atoms with Gasteiger partial charge in [-0.2, -0.15) is 5.26 Å². The third-order valence-corrected chi connectivity index (χ3v) is 6.32. The molecule has 1 unspecified atom stereocenters. The summed E-state index contributed by atoms with van der Waals surface area (Å²) in [4.78, 5) is 12.6. The maximum atomic E-state index is 12.6. The number of nitrogens with one attached hydrogen (secondary N) is 1. The van der Waals surface area contributed by atoms with Crippen LogP contribution in [0.1, 0.15) is 26.3 Å². The first kappa shape index (κ1) is 23.4. The monoisotopic (exact) mass is 449 g/mol. The number of ether oxygens (including phenoxy) is 1. The fourth-order valence-corrected chi connectivity index (χ4v) is 3.80. The maximum absolute atomic E-state index is 12.6. The lowest BCUT2D eigenvalue weighted by molar-refractivity contribution is -0.120. The van der Waals surface area contributed by atoms with Gasteiger partial charge in [0.05, 0.1) is 24.5 Å². The molecule has 0 bridgehead atoms. The highest BCUT2D eigenvalue weighted by Gasteiger charge is 2.30. The van der Waals surface area contributed by atoms with E-state index in [4.69, 9.17) is 4.74 Å². The minimum Gasteiger partial charge on any atom is -0.496 e. The van der Waals surface area contributed by atoms with E-state index in [0.29, 0.717) is 16.7 Å². The molecule has 0 saturated carbocycles. The molecule has 8 heteroatoms. The van der Waals surface area contributed by atoms with Gasteiger partial charge in [-0.15, -0.1) is 10.2 Å². The number of aromatic nitrogens is 3. The molecule has 1 N–H and O–H groups in total. The molecule has 0 spiro atoms. The average Bonchev–Trinajstić information content (AvgIpc) is 3.21. The van der Waals surface area contributed by atoms with E-state index in [-0.39, 0.29) is 17.6 Å². The van der Waals surface area contributed by atoms with E-state index in [0.717, 1.165) is 16.8 Å². The third kappa shape index (κ3) is 4.94. The van der Waals surface area contributed by atoms with Gasteiger partial charge in [-0.25, -0.2) is 0 Å². The van der Waals surface area contributed by atoms with Crippen LogP contribution in [0.2, 0.25) is 0 Å². The van der Waals surface area contributed by atoms with E-state index in [1.54, 1.807) is 14.0 Å². The van der Waals surface area contributed by atoms with Crippen molar-refractivity contribution in [3.05, 3.63) is 54.1 Å². The van der Waals surface area contributed by atoms with E-state index in [1.165, 1.54) is 11.8 Å². The van der Waals surface area contributed by atoms with Gasteiger partial charge in [-0.1, -0.05) is 55.4 Å². The van der Waals surface area contributed by atoms with Gasteiger partial charge in [-0.05, 0) is 44.0 Å². The summed E-state index contributed by atoms with van der Waals surface area (Å²) in [6.07, 6.45) is 0. The SMILES string of the molecule is COc1ccccc1-c1nnc(SCC(=O)NC(C)(C#N)C(C)C)n1-c1ccc(C)cc1. The number of carbonyl (C=O) groups excluding carboxylic acids is 1. The van der Waals surface area contributed by atoms with Crippen molar-refractivity contribution in [2.24, 2.45) is 5.92 Å². The first-order chi connectivity index (χ1) is 15.3. The maximum Gasteiger partial charge on any atom is 0.231 e. The van der Waals surface area contributed by atoms with Gasteiger partial charge in [0.2, 0.25) is 5.91 Å². The van der Waals surface area contributed by atoms with Crippen molar-refractivity contribution >= 4 is 17.7 Å². The van der Waals surface area contributed by atoms with Crippen LogP contribution in [-0.4, -0.2) is 39.1 Å². The summed E-state index contributed by atoms with van der Waals surface area (Å²) < 4.78 is 7.44. The zero-order valence-electron chi connectivity index (χ0n) is 18.9. The van der Waals surface area contributed by atoms with E-state index >= 15 is 0 Å². The summed E-state index contributed by atoms with van der Waals surface area (Å²) in [5, 5.41) is 21.7. The molecule has 3 rings (SSSR count). The van der Waals surface area contributed by atoms with Crippen LogP contribution in [-0.2, 0) is 4.79 Å². The molecule has 2 aromatic carbocycles. The summed E-state index contributed by atoms with van der Waals surface area (Å²) in [5.74, 6) is 1.17. The Kier molecular flexibility index (Phi) is 7.21. The highest BCUT2D eigenvalue weighted by molar-refractivity contribution is 7.99. The zero-order valence-corrected chi connectivity index (χ0v) is 19.7. The van der Waals surface area contributed by atoms with Crippen molar-refractivity contribution < 1.29 is 9.53 Å². The average molecular weight is 450 g/mol. The molecule has 32 heavy (non-hydrogen) atoms. The van der Waals surface area contributed by atoms with Crippen LogP contribution in [0.25, 0.3) is 17.1 Å². The van der Waals surface area contributed by atoms with Crippen LogP contribution in [0.5, 0.6) is 5.75 Å². The van der Waals surface area contributed by atoms with E-state index in [9.17, 15) is 10.1 Å². The van der Waals surface area contributed by atoms with Gasteiger partial charge >= 0.3 is 0 Å². The molecule has 0 fully saturated rings. The van der Waals surface area contributed by atoms with Crippen LogP contribution in [0.4, 0.5) is 0 Å². The summed E-state index contributed by atoms with van der Waals surface area (Å²) >= 11 is 1.27.